The van der Waals surface area contributed by atoms with Crippen LogP contribution in [0.3, 0.4) is 0 Å². The second-order valence-electron chi connectivity index (χ2n) is 3.72. The predicted octanol–water partition coefficient (Wildman–Crippen LogP) is 2.09. The number of aromatic nitrogens is 2. The highest BCUT2D eigenvalue weighted by atomic mass is 14.9. The van der Waals surface area contributed by atoms with Crippen molar-refractivity contribution in [2.75, 3.05) is 7.05 Å². The highest BCUT2D eigenvalue weighted by Gasteiger charge is 2.12. The molecule has 2 rings (SSSR count). The Labute approximate surface area is 95.6 Å². The Morgan fingerprint density at radius 3 is 2.38 bits per heavy atom. The van der Waals surface area contributed by atoms with Gasteiger partial charge in [-0.25, -0.2) is 0 Å². The van der Waals surface area contributed by atoms with Crippen LogP contribution in [0.2, 0.25) is 0 Å². The lowest BCUT2D eigenvalue weighted by molar-refractivity contribution is 0.665. The first-order valence-electron chi connectivity index (χ1n) is 5.32. The summed E-state index contributed by atoms with van der Waals surface area (Å²) in [7, 11) is 1.93. The maximum absolute atomic E-state index is 4.40. The van der Waals surface area contributed by atoms with Gasteiger partial charge in [-0.15, -0.1) is 0 Å². The maximum atomic E-state index is 4.40. The summed E-state index contributed by atoms with van der Waals surface area (Å²) in [6.45, 7) is 1.94. The zero-order chi connectivity index (χ0) is 11.4. The van der Waals surface area contributed by atoms with Crippen molar-refractivity contribution < 1.29 is 0 Å². The first kappa shape index (κ1) is 10.8. The fourth-order valence-corrected chi connectivity index (χ4v) is 1.68. The largest absolute Gasteiger partial charge is 0.308 e. The van der Waals surface area contributed by atoms with Gasteiger partial charge in [0.05, 0.1) is 23.6 Å². The molecule has 0 saturated carbocycles. The van der Waals surface area contributed by atoms with Crippen molar-refractivity contribution in [2.45, 2.75) is 13.0 Å². The van der Waals surface area contributed by atoms with Crippen LogP contribution in [-0.4, -0.2) is 17.0 Å². The number of nitrogens with zero attached hydrogens (tertiary/aromatic N) is 2. The molecule has 16 heavy (non-hydrogen) atoms. The van der Waals surface area contributed by atoms with Gasteiger partial charge in [-0.1, -0.05) is 30.3 Å². The van der Waals surface area contributed by atoms with E-state index in [2.05, 4.69) is 27.4 Å². The Morgan fingerprint density at radius 1 is 1.06 bits per heavy atom. The molecule has 0 fully saturated rings. The average molecular weight is 213 g/mol. The van der Waals surface area contributed by atoms with Crippen molar-refractivity contribution in [1.82, 2.24) is 15.3 Å². The molecule has 0 amide bonds. The molecule has 0 saturated heterocycles. The molecule has 0 bridgehead atoms. The highest BCUT2D eigenvalue weighted by molar-refractivity contribution is 5.26. The van der Waals surface area contributed by atoms with E-state index in [1.165, 1.54) is 5.56 Å². The van der Waals surface area contributed by atoms with Gasteiger partial charge in [-0.05, 0) is 19.5 Å². The Morgan fingerprint density at radius 2 is 1.81 bits per heavy atom. The van der Waals surface area contributed by atoms with Crippen molar-refractivity contribution >= 4 is 0 Å². The monoisotopic (exact) mass is 213 g/mol. The number of hydrogen-bond donors (Lipinski definition) is 1. The van der Waals surface area contributed by atoms with Gasteiger partial charge in [0.15, 0.2) is 0 Å². The minimum atomic E-state index is 0.106. The lowest BCUT2D eigenvalue weighted by Gasteiger charge is -2.15. The van der Waals surface area contributed by atoms with Crippen LogP contribution in [0.25, 0.3) is 0 Å². The summed E-state index contributed by atoms with van der Waals surface area (Å²) < 4.78 is 0. The standard InChI is InChI=1S/C13H15N3/c1-10-8-16-12(9-15-10)13(14-2)11-6-4-3-5-7-11/h3-9,13-14H,1-2H3. The van der Waals surface area contributed by atoms with Crippen LogP contribution in [0.5, 0.6) is 0 Å². The Balaban J connectivity index is 2.33. The zero-order valence-electron chi connectivity index (χ0n) is 9.51. The first-order chi connectivity index (χ1) is 7.81. The third-order valence-electron chi connectivity index (χ3n) is 2.52. The molecule has 0 radical (unpaired) electrons. The number of hydrogen-bond acceptors (Lipinski definition) is 3. The molecule has 0 aliphatic heterocycles. The quantitative estimate of drug-likeness (QED) is 0.848. The number of benzene rings is 1. The molecule has 3 nitrogen and oxygen atoms in total. The van der Waals surface area contributed by atoms with Crippen molar-refractivity contribution in [3.05, 3.63) is 59.7 Å². The topological polar surface area (TPSA) is 37.8 Å². The van der Waals surface area contributed by atoms with Crippen LogP contribution >= 0.6 is 0 Å². The maximum Gasteiger partial charge on any atom is 0.0801 e. The fraction of sp³-hybridized carbons (Fsp3) is 0.231. The number of aryl methyl sites for hydroxylation is 1. The lowest BCUT2D eigenvalue weighted by Crippen LogP contribution is -2.19. The molecule has 1 unspecified atom stereocenters. The van der Waals surface area contributed by atoms with E-state index in [1.807, 2.05) is 38.4 Å². The van der Waals surface area contributed by atoms with E-state index in [1.54, 1.807) is 6.20 Å². The minimum Gasteiger partial charge on any atom is -0.308 e. The minimum absolute atomic E-state index is 0.106. The first-order valence-corrected chi connectivity index (χ1v) is 5.32. The normalized spacial score (nSPS) is 12.4. The lowest BCUT2D eigenvalue weighted by atomic mass is 10.0. The van der Waals surface area contributed by atoms with Crippen LogP contribution in [0.1, 0.15) is 23.0 Å². The molecule has 1 aromatic heterocycles. The van der Waals surface area contributed by atoms with E-state index >= 15 is 0 Å². The summed E-state index contributed by atoms with van der Waals surface area (Å²) in [5.74, 6) is 0. The molecule has 0 aliphatic rings. The highest BCUT2D eigenvalue weighted by Crippen LogP contribution is 2.18. The zero-order valence-corrected chi connectivity index (χ0v) is 9.51. The number of nitrogens with one attached hydrogen (secondary N) is 1. The van der Waals surface area contributed by atoms with Gasteiger partial charge in [0.1, 0.15) is 0 Å². The molecule has 1 heterocycles. The average Bonchev–Trinajstić information content (AvgIpc) is 2.34. The number of rotatable bonds is 3. The van der Waals surface area contributed by atoms with Gasteiger partial charge in [0, 0.05) is 6.20 Å². The molecule has 3 heteroatoms. The van der Waals surface area contributed by atoms with E-state index < -0.39 is 0 Å². The molecule has 1 atom stereocenters. The summed E-state index contributed by atoms with van der Waals surface area (Å²) in [6.07, 6.45) is 3.62. The van der Waals surface area contributed by atoms with Gasteiger partial charge < -0.3 is 5.32 Å². The third kappa shape index (κ3) is 2.25. The van der Waals surface area contributed by atoms with Crippen LogP contribution in [0.15, 0.2) is 42.7 Å². The predicted molar refractivity (Wildman–Crippen MR) is 64.1 cm³/mol. The molecule has 1 aromatic carbocycles. The van der Waals surface area contributed by atoms with Crippen molar-refractivity contribution in [1.29, 1.82) is 0 Å². The molecule has 0 aliphatic carbocycles. The Hall–Kier alpha value is -1.74. The van der Waals surface area contributed by atoms with E-state index in [4.69, 9.17) is 0 Å². The van der Waals surface area contributed by atoms with E-state index in [0.29, 0.717) is 0 Å². The molecular formula is C13H15N3. The third-order valence-corrected chi connectivity index (χ3v) is 2.52. The Kier molecular flexibility index (Phi) is 3.27. The molecule has 1 N–H and O–H groups in total. The van der Waals surface area contributed by atoms with E-state index in [9.17, 15) is 0 Å². The summed E-state index contributed by atoms with van der Waals surface area (Å²) in [5, 5.41) is 3.25. The van der Waals surface area contributed by atoms with Crippen LogP contribution < -0.4 is 5.32 Å². The summed E-state index contributed by atoms with van der Waals surface area (Å²) in [6, 6.07) is 10.3. The van der Waals surface area contributed by atoms with E-state index in [0.717, 1.165) is 11.4 Å². The fourth-order valence-electron chi connectivity index (χ4n) is 1.68. The second kappa shape index (κ2) is 4.86. The van der Waals surface area contributed by atoms with Crippen LogP contribution in [-0.2, 0) is 0 Å². The van der Waals surface area contributed by atoms with Gasteiger partial charge >= 0.3 is 0 Å². The van der Waals surface area contributed by atoms with Crippen molar-refractivity contribution in [3.63, 3.8) is 0 Å². The summed E-state index contributed by atoms with van der Waals surface area (Å²) in [5.41, 5.74) is 3.08. The second-order valence-corrected chi connectivity index (χ2v) is 3.72. The van der Waals surface area contributed by atoms with Crippen LogP contribution in [0, 0.1) is 6.92 Å². The van der Waals surface area contributed by atoms with Gasteiger partial charge in [-0.3, -0.25) is 9.97 Å². The molecular weight excluding hydrogens is 198 g/mol. The summed E-state index contributed by atoms with van der Waals surface area (Å²) >= 11 is 0. The van der Waals surface area contributed by atoms with Gasteiger partial charge in [0.25, 0.3) is 0 Å². The Bertz CT molecular complexity index is 436. The van der Waals surface area contributed by atoms with Crippen molar-refractivity contribution in [3.8, 4) is 0 Å². The molecule has 82 valence electrons. The SMILES string of the molecule is CNC(c1ccccc1)c1cnc(C)cn1. The van der Waals surface area contributed by atoms with Crippen molar-refractivity contribution in [2.24, 2.45) is 0 Å². The van der Waals surface area contributed by atoms with E-state index in [-0.39, 0.29) is 6.04 Å². The smallest absolute Gasteiger partial charge is 0.0801 e. The van der Waals surface area contributed by atoms with Crippen LogP contribution in [0.4, 0.5) is 0 Å². The molecule has 2 aromatic rings. The van der Waals surface area contributed by atoms with Gasteiger partial charge in [0.2, 0.25) is 0 Å². The molecule has 0 spiro atoms. The summed E-state index contributed by atoms with van der Waals surface area (Å²) in [4.78, 5) is 8.67. The van der Waals surface area contributed by atoms with Gasteiger partial charge in [-0.2, -0.15) is 0 Å².